The Bertz CT molecular complexity index is 738. The van der Waals surface area contributed by atoms with Crippen molar-refractivity contribution in [3.8, 4) is 0 Å². The smallest absolute Gasteiger partial charge is 0.337 e. The van der Waals surface area contributed by atoms with E-state index in [1.54, 1.807) is 6.07 Å². The molecule has 0 aromatic heterocycles. The van der Waals surface area contributed by atoms with Crippen LogP contribution in [-0.4, -0.2) is 43.9 Å². The molecule has 0 radical (unpaired) electrons. The molecule has 0 unspecified atom stereocenters. The van der Waals surface area contributed by atoms with Crippen LogP contribution in [0.2, 0.25) is 0 Å². The van der Waals surface area contributed by atoms with Crippen LogP contribution >= 0.6 is 0 Å². The molecule has 0 bridgehead atoms. The summed E-state index contributed by atoms with van der Waals surface area (Å²) in [5, 5.41) is 12.8. The van der Waals surface area contributed by atoms with Crippen molar-refractivity contribution in [1.82, 2.24) is 0 Å². The fourth-order valence-corrected chi connectivity index (χ4v) is 2.83. The number of aromatic carboxylic acids is 1. The third-order valence-electron chi connectivity index (χ3n) is 4.11. The summed E-state index contributed by atoms with van der Waals surface area (Å²) in [6.45, 7) is 3.32. The van der Waals surface area contributed by atoms with E-state index in [0.717, 1.165) is 16.9 Å². The number of morpholine rings is 1. The summed E-state index contributed by atoms with van der Waals surface area (Å²) in [4.78, 5) is 13.7. The van der Waals surface area contributed by atoms with E-state index in [1.165, 1.54) is 0 Å². The topological polar surface area (TPSA) is 61.8 Å². The van der Waals surface area contributed by atoms with Crippen molar-refractivity contribution in [2.24, 2.45) is 0 Å². The number of carboxylic acid groups (broad SMARTS) is 1. The fraction of sp³-hybridized carbons (Fsp3) is 0.250. The number of hydrogen-bond donors (Lipinski definition) is 2. The summed E-state index contributed by atoms with van der Waals surface area (Å²) in [5.74, 6) is -0.912. The Balaban J connectivity index is 1.67. The first-order valence-electron chi connectivity index (χ1n) is 8.39. The molecule has 1 aliphatic heterocycles. The SMILES string of the molecule is O=C(O)c1cc(NC/C=C/c2ccccc2)ccc1N1CCOCC1. The summed E-state index contributed by atoms with van der Waals surface area (Å²) in [6, 6.07) is 15.5. The first kappa shape index (κ1) is 17.0. The number of benzene rings is 2. The standard InChI is InChI=1S/C20H22N2O3/c23-20(24)18-15-17(8-9-19(18)22-11-13-25-14-12-22)21-10-4-7-16-5-2-1-3-6-16/h1-9,15,21H,10-14H2,(H,23,24)/b7-4+. The van der Waals surface area contributed by atoms with Crippen LogP contribution < -0.4 is 10.2 Å². The van der Waals surface area contributed by atoms with Crippen molar-refractivity contribution < 1.29 is 14.6 Å². The van der Waals surface area contributed by atoms with Crippen molar-refractivity contribution in [1.29, 1.82) is 0 Å². The molecule has 0 atom stereocenters. The highest BCUT2D eigenvalue weighted by Gasteiger charge is 2.18. The third kappa shape index (κ3) is 4.61. The van der Waals surface area contributed by atoms with E-state index in [-0.39, 0.29) is 0 Å². The van der Waals surface area contributed by atoms with Crippen molar-refractivity contribution in [2.75, 3.05) is 43.1 Å². The molecule has 2 aromatic rings. The lowest BCUT2D eigenvalue weighted by atomic mass is 10.1. The van der Waals surface area contributed by atoms with Gasteiger partial charge in [0.05, 0.1) is 24.5 Å². The van der Waals surface area contributed by atoms with Crippen LogP contribution in [0.3, 0.4) is 0 Å². The normalized spacial score (nSPS) is 14.6. The van der Waals surface area contributed by atoms with E-state index in [2.05, 4.69) is 10.2 Å². The highest BCUT2D eigenvalue weighted by Crippen LogP contribution is 2.25. The quantitative estimate of drug-likeness (QED) is 0.846. The molecule has 0 saturated carbocycles. The lowest BCUT2D eigenvalue weighted by Crippen LogP contribution is -2.37. The van der Waals surface area contributed by atoms with Crippen molar-refractivity contribution >= 4 is 23.4 Å². The van der Waals surface area contributed by atoms with E-state index in [1.807, 2.05) is 54.6 Å². The third-order valence-corrected chi connectivity index (χ3v) is 4.11. The Labute approximate surface area is 147 Å². The maximum absolute atomic E-state index is 11.6. The molecule has 1 heterocycles. The van der Waals surface area contributed by atoms with Gasteiger partial charge < -0.3 is 20.1 Å². The van der Waals surface area contributed by atoms with Crippen LogP contribution in [0.1, 0.15) is 15.9 Å². The van der Waals surface area contributed by atoms with Gasteiger partial charge >= 0.3 is 5.97 Å². The number of ether oxygens (including phenoxy) is 1. The molecular weight excluding hydrogens is 316 g/mol. The van der Waals surface area contributed by atoms with Gasteiger partial charge in [0.15, 0.2) is 0 Å². The summed E-state index contributed by atoms with van der Waals surface area (Å²) in [6.07, 6.45) is 4.05. The molecule has 2 N–H and O–H groups in total. The second kappa shape index (κ2) is 8.35. The summed E-state index contributed by atoms with van der Waals surface area (Å²) in [7, 11) is 0. The van der Waals surface area contributed by atoms with Crippen molar-refractivity contribution in [3.63, 3.8) is 0 Å². The van der Waals surface area contributed by atoms with E-state index < -0.39 is 5.97 Å². The van der Waals surface area contributed by atoms with Crippen LogP contribution in [0.5, 0.6) is 0 Å². The Morgan fingerprint density at radius 2 is 1.92 bits per heavy atom. The first-order chi connectivity index (χ1) is 12.2. The Morgan fingerprint density at radius 1 is 1.16 bits per heavy atom. The van der Waals surface area contributed by atoms with Gasteiger partial charge in [0.1, 0.15) is 0 Å². The van der Waals surface area contributed by atoms with Crippen LogP contribution in [-0.2, 0) is 4.74 Å². The number of hydrogen-bond acceptors (Lipinski definition) is 4. The van der Waals surface area contributed by atoms with Crippen LogP contribution in [0.4, 0.5) is 11.4 Å². The zero-order valence-corrected chi connectivity index (χ0v) is 14.0. The molecule has 1 saturated heterocycles. The van der Waals surface area contributed by atoms with Gasteiger partial charge in [-0.3, -0.25) is 0 Å². The maximum atomic E-state index is 11.6. The number of anilines is 2. The van der Waals surface area contributed by atoms with Crippen LogP contribution in [0, 0.1) is 0 Å². The number of carbonyl (C=O) groups is 1. The molecule has 0 amide bonds. The summed E-state index contributed by atoms with van der Waals surface area (Å²) >= 11 is 0. The summed E-state index contributed by atoms with van der Waals surface area (Å²) < 4.78 is 5.34. The van der Waals surface area contributed by atoms with Crippen LogP contribution in [0.25, 0.3) is 6.08 Å². The van der Waals surface area contributed by atoms with Crippen molar-refractivity contribution in [2.45, 2.75) is 0 Å². The van der Waals surface area contributed by atoms with Gasteiger partial charge in [-0.1, -0.05) is 42.5 Å². The highest BCUT2D eigenvalue weighted by molar-refractivity contribution is 5.95. The zero-order valence-electron chi connectivity index (χ0n) is 14.0. The van der Waals surface area contributed by atoms with E-state index in [9.17, 15) is 9.90 Å². The number of nitrogens with zero attached hydrogens (tertiary/aromatic N) is 1. The minimum Gasteiger partial charge on any atom is -0.478 e. The second-order valence-corrected chi connectivity index (χ2v) is 5.83. The van der Waals surface area contributed by atoms with E-state index >= 15 is 0 Å². The van der Waals surface area contributed by atoms with Crippen LogP contribution in [0.15, 0.2) is 54.6 Å². The molecule has 5 nitrogen and oxygen atoms in total. The first-order valence-corrected chi connectivity index (χ1v) is 8.39. The molecule has 0 aliphatic carbocycles. The highest BCUT2D eigenvalue weighted by atomic mass is 16.5. The van der Waals surface area contributed by atoms with E-state index in [4.69, 9.17) is 4.74 Å². The molecule has 25 heavy (non-hydrogen) atoms. The zero-order chi connectivity index (χ0) is 17.5. The monoisotopic (exact) mass is 338 g/mol. The van der Waals surface area contributed by atoms with Crippen molar-refractivity contribution in [3.05, 3.63) is 65.7 Å². The lowest BCUT2D eigenvalue weighted by Gasteiger charge is -2.30. The Morgan fingerprint density at radius 3 is 2.64 bits per heavy atom. The molecule has 1 aliphatic rings. The van der Waals surface area contributed by atoms with Gasteiger partial charge in [0.2, 0.25) is 0 Å². The van der Waals surface area contributed by atoms with Gasteiger partial charge in [0, 0.05) is 25.3 Å². The fourth-order valence-electron chi connectivity index (χ4n) is 2.83. The van der Waals surface area contributed by atoms with Gasteiger partial charge in [-0.15, -0.1) is 0 Å². The molecule has 1 fully saturated rings. The van der Waals surface area contributed by atoms with Gasteiger partial charge in [0.25, 0.3) is 0 Å². The molecule has 5 heteroatoms. The Kier molecular flexibility index (Phi) is 5.69. The molecule has 130 valence electrons. The maximum Gasteiger partial charge on any atom is 0.337 e. The van der Waals surface area contributed by atoms with Gasteiger partial charge in [-0.25, -0.2) is 4.79 Å². The average molecular weight is 338 g/mol. The lowest BCUT2D eigenvalue weighted by molar-refractivity contribution is 0.0696. The second-order valence-electron chi connectivity index (χ2n) is 5.83. The van der Waals surface area contributed by atoms with Gasteiger partial charge in [-0.05, 0) is 23.8 Å². The number of carboxylic acids is 1. The molecule has 0 spiro atoms. The molecule has 3 rings (SSSR count). The number of nitrogens with one attached hydrogen (secondary N) is 1. The minimum atomic E-state index is -0.912. The minimum absolute atomic E-state index is 0.318. The largest absolute Gasteiger partial charge is 0.478 e. The van der Waals surface area contributed by atoms with Gasteiger partial charge in [-0.2, -0.15) is 0 Å². The molecule has 2 aromatic carbocycles. The van der Waals surface area contributed by atoms with E-state index in [0.29, 0.717) is 38.4 Å². The number of rotatable bonds is 6. The Hall–Kier alpha value is -2.79. The predicted molar refractivity (Wildman–Crippen MR) is 100 cm³/mol. The average Bonchev–Trinajstić information content (AvgIpc) is 2.66. The molecular formula is C20H22N2O3. The predicted octanol–water partition coefficient (Wildman–Crippen LogP) is 3.35. The summed E-state index contributed by atoms with van der Waals surface area (Å²) in [5.41, 5.74) is 3.01.